The SMILES string of the molecule is CC(=O)CC(=O)Nc1c(OCC(C)C)cccc1OCC(C)C. The number of nitrogens with one attached hydrogen (secondary N) is 1. The van der Waals surface area contributed by atoms with Crippen LogP contribution in [0.3, 0.4) is 0 Å². The van der Waals surface area contributed by atoms with E-state index in [1.54, 1.807) is 12.1 Å². The van der Waals surface area contributed by atoms with E-state index in [-0.39, 0.29) is 18.1 Å². The topological polar surface area (TPSA) is 64.6 Å². The standard InChI is InChI=1S/C18H27NO4/c1-12(2)10-22-15-7-6-8-16(23-11-13(3)4)18(15)19-17(21)9-14(5)20/h6-8,12-13H,9-11H2,1-5H3,(H,19,21). The number of benzene rings is 1. The number of hydrogen-bond acceptors (Lipinski definition) is 4. The Balaban J connectivity index is 3.00. The molecule has 5 nitrogen and oxygen atoms in total. The molecule has 0 atom stereocenters. The second-order valence-corrected chi connectivity index (χ2v) is 6.47. The van der Waals surface area contributed by atoms with E-state index in [2.05, 4.69) is 5.32 Å². The molecule has 0 aromatic heterocycles. The van der Waals surface area contributed by atoms with Crippen molar-refractivity contribution in [1.82, 2.24) is 0 Å². The van der Waals surface area contributed by atoms with Gasteiger partial charge in [-0.15, -0.1) is 0 Å². The molecule has 0 aliphatic rings. The lowest BCUT2D eigenvalue weighted by Gasteiger charge is -2.18. The van der Waals surface area contributed by atoms with Crippen molar-refractivity contribution >= 4 is 17.4 Å². The molecule has 23 heavy (non-hydrogen) atoms. The van der Waals surface area contributed by atoms with Crippen LogP contribution in [0.15, 0.2) is 18.2 Å². The van der Waals surface area contributed by atoms with Gasteiger partial charge in [0.15, 0.2) is 0 Å². The minimum atomic E-state index is -0.368. The summed E-state index contributed by atoms with van der Waals surface area (Å²) in [4.78, 5) is 23.1. The second-order valence-electron chi connectivity index (χ2n) is 6.47. The van der Waals surface area contributed by atoms with E-state index in [0.717, 1.165) is 0 Å². The number of hydrogen-bond donors (Lipinski definition) is 1. The number of carbonyl (C=O) groups is 2. The van der Waals surface area contributed by atoms with Crippen molar-refractivity contribution in [2.45, 2.75) is 41.0 Å². The first kappa shape index (κ1) is 19.0. The number of Topliss-reactive ketones (excluding diaryl/α,β-unsaturated/α-hetero) is 1. The van der Waals surface area contributed by atoms with Crippen molar-refractivity contribution in [2.24, 2.45) is 11.8 Å². The minimum absolute atomic E-state index is 0.165. The van der Waals surface area contributed by atoms with Gasteiger partial charge in [-0.25, -0.2) is 0 Å². The van der Waals surface area contributed by atoms with Crippen molar-refractivity contribution in [2.75, 3.05) is 18.5 Å². The maximum atomic E-state index is 12.0. The van der Waals surface area contributed by atoms with E-state index < -0.39 is 0 Å². The fraction of sp³-hybridized carbons (Fsp3) is 0.556. The van der Waals surface area contributed by atoms with Gasteiger partial charge in [-0.05, 0) is 30.9 Å². The highest BCUT2D eigenvalue weighted by molar-refractivity contribution is 6.04. The summed E-state index contributed by atoms with van der Waals surface area (Å²) in [6.45, 7) is 10.6. The third kappa shape index (κ3) is 7.17. The van der Waals surface area contributed by atoms with Gasteiger partial charge in [0.05, 0.1) is 19.6 Å². The Labute approximate surface area is 138 Å². The first-order chi connectivity index (χ1) is 10.8. The summed E-state index contributed by atoms with van der Waals surface area (Å²) in [5.74, 6) is 1.26. The maximum absolute atomic E-state index is 12.0. The Morgan fingerprint density at radius 2 is 1.48 bits per heavy atom. The molecule has 0 unspecified atom stereocenters. The molecule has 5 heteroatoms. The van der Waals surface area contributed by atoms with Crippen LogP contribution in [0, 0.1) is 11.8 Å². The lowest BCUT2D eigenvalue weighted by molar-refractivity contribution is -0.124. The molecule has 0 spiro atoms. The molecular formula is C18H27NO4. The maximum Gasteiger partial charge on any atom is 0.232 e. The summed E-state index contributed by atoms with van der Waals surface area (Å²) in [7, 11) is 0. The number of rotatable bonds is 9. The van der Waals surface area contributed by atoms with E-state index in [0.29, 0.717) is 42.2 Å². The van der Waals surface area contributed by atoms with Crippen LogP contribution in [0.25, 0.3) is 0 Å². The van der Waals surface area contributed by atoms with Crippen LogP contribution in [0.1, 0.15) is 41.0 Å². The zero-order valence-electron chi connectivity index (χ0n) is 14.6. The van der Waals surface area contributed by atoms with Gasteiger partial charge in [-0.3, -0.25) is 9.59 Å². The molecule has 0 aliphatic heterocycles. The Morgan fingerprint density at radius 1 is 1.00 bits per heavy atom. The normalized spacial score (nSPS) is 10.7. The summed E-state index contributed by atoms with van der Waals surface area (Å²) in [6.07, 6.45) is -0.165. The average Bonchev–Trinajstić information content (AvgIpc) is 2.43. The number of carbonyl (C=O) groups excluding carboxylic acids is 2. The fourth-order valence-electron chi connectivity index (χ4n) is 1.80. The second kappa shape index (κ2) is 9.18. The Morgan fingerprint density at radius 3 is 1.87 bits per heavy atom. The molecule has 128 valence electrons. The van der Waals surface area contributed by atoms with Crippen LogP contribution in [0.4, 0.5) is 5.69 Å². The Kier molecular flexibility index (Phi) is 7.59. The third-order valence-electron chi connectivity index (χ3n) is 2.81. The lowest BCUT2D eigenvalue weighted by Crippen LogP contribution is -2.17. The first-order valence-electron chi connectivity index (χ1n) is 7.97. The largest absolute Gasteiger partial charge is 0.491 e. The molecule has 0 fully saturated rings. The smallest absolute Gasteiger partial charge is 0.232 e. The molecular weight excluding hydrogens is 294 g/mol. The van der Waals surface area contributed by atoms with Crippen molar-refractivity contribution in [3.05, 3.63) is 18.2 Å². The fourth-order valence-corrected chi connectivity index (χ4v) is 1.80. The van der Waals surface area contributed by atoms with Crippen molar-refractivity contribution in [3.63, 3.8) is 0 Å². The Hall–Kier alpha value is -2.04. The summed E-state index contributed by atoms with van der Waals surface area (Å²) in [6, 6.07) is 5.40. The number of ether oxygens (including phenoxy) is 2. The van der Waals surface area contributed by atoms with Crippen LogP contribution in [0.2, 0.25) is 0 Å². The van der Waals surface area contributed by atoms with Crippen molar-refractivity contribution in [1.29, 1.82) is 0 Å². The Bertz CT molecular complexity index is 508. The number of para-hydroxylation sites is 1. The summed E-state index contributed by atoms with van der Waals surface area (Å²) in [5, 5.41) is 2.75. The van der Waals surface area contributed by atoms with Crippen LogP contribution in [-0.2, 0) is 9.59 Å². The van der Waals surface area contributed by atoms with E-state index >= 15 is 0 Å². The number of amides is 1. The molecule has 1 aromatic carbocycles. The third-order valence-corrected chi connectivity index (χ3v) is 2.81. The highest BCUT2D eigenvalue weighted by atomic mass is 16.5. The van der Waals surface area contributed by atoms with Gasteiger partial charge in [0.25, 0.3) is 0 Å². The highest BCUT2D eigenvalue weighted by Gasteiger charge is 2.16. The number of anilines is 1. The molecule has 1 rings (SSSR count). The van der Waals surface area contributed by atoms with Gasteiger partial charge in [-0.1, -0.05) is 33.8 Å². The molecule has 0 bridgehead atoms. The summed E-state index contributed by atoms with van der Waals surface area (Å²) in [5.41, 5.74) is 0.486. The highest BCUT2D eigenvalue weighted by Crippen LogP contribution is 2.35. The molecule has 0 radical (unpaired) electrons. The van der Waals surface area contributed by atoms with Gasteiger partial charge >= 0.3 is 0 Å². The molecule has 1 aromatic rings. The van der Waals surface area contributed by atoms with E-state index in [1.165, 1.54) is 6.92 Å². The zero-order valence-corrected chi connectivity index (χ0v) is 14.6. The van der Waals surface area contributed by atoms with Gasteiger partial charge in [0, 0.05) is 0 Å². The molecule has 1 N–H and O–H groups in total. The molecule has 0 aliphatic carbocycles. The van der Waals surface area contributed by atoms with Crippen LogP contribution in [-0.4, -0.2) is 24.9 Å². The monoisotopic (exact) mass is 321 g/mol. The van der Waals surface area contributed by atoms with Gasteiger partial charge in [0.1, 0.15) is 23.0 Å². The van der Waals surface area contributed by atoms with E-state index in [9.17, 15) is 9.59 Å². The van der Waals surface area contributed by atoms with Crippen molar-refractivity contribution < 1.29 is 19.1 Å². The lowest BCUT2D eigenvalue weighted by atomic mass is 10.2. The predicted molar refractivity (Wildman–Crippen MR) is 91.0 cm³/mol. The van der Waals surface area contributed by atoms with Crippen LogP contribution >= 0.6 is 0 Å². The minimum Gasteiger partial charge on any atom is -0.491 e. The molecule has 0 heterocycles. The first-order valence-corrected chi connectivity index (χ1v) is 7.97. The van der Waals surface area contributed by atoms with E-state index in [1.807, 2.05) is 33.8 Å². The summed E-state index contributed by atoms with van der Waals surface area (Å²) < 4.78 is 11.5. The average molecular weight is 321 g/mol. The van der Waals surface area contributed by atoms with Crippen LogP contribution in [0.5, 0.6) is 11.5 Å². The molecule has 1 amide bonds. The van der Waals surface area contributed by atoms with Gasteiger partial charge in [0.2, 0.25) is 5.91 Å². The van der Waals surface area contributed by atoms with Gasteiger partial charge in [-0.2, -0.15) is 0 Å². The summed E-state index contributed by atoms with van der Waals surface area (Å²) >= 11 is 0. The molecule has 0 saturated carbocycles. The quantitative estimate of drug-likeness (QED) is 0.705. The van der Waals surface area contributed by atoms with Crippen molar-refractivity contribution in [3.8, 4) is 11.5 Å². The van der Waals surface area contributed by atoms with Crippen LogP contribution < -0.4 is 14.8 Å². The van der Waals surface area contributed by atoms with Gasteiger partial charge < -0.3 is 14.8 Å². The van der Waals surface area contributed by atoms with E-state index in [4.69, 9.17) is 9.47 Å². The molecule has 0 saturated heterocycles. The zero-order chi connectivity index (χ0) is 17.4. The predicted octanol–water partition coefficient (Wildman–Crippen LogP) is 3.67. The number of ketones is 1.